The molecule has 0 spiro atoms. The molecular formula is C13H14ClNO3S. The summed E-state index contributed by atoms with van der Waals surface area (Å²) in [6.07, 6.45) is 2.52. The van der Waals surface area contributed by atoms with Crippen molar-refractivity contribution in [2.24, 2.45) is 0 Å². The van der Waals surface area contributed by atoms with Crippen LogP contribution in [-0.2, 0) is 16.3 Å². The molecule has 0 aromatic heterocycles. The van der Waals surface area contributed by atoms with Crippen molar-refractivity contribution in [3.8, 4) is 5.75 Å². The molecule has 2 atom stereocenters. The second kappa shape index (κ2) is 4.81. The molecule has 0 saturated carbocycles. The lowest BCUT2D eigenvalue weighted by Crippen LogP contribution is -2.37. The number of rotatable bonds is 3. The van der Waals surface area contributed by atoms with Gasteiger partial charge >= 0.3 is 0 Å². The van der Waals surface area contributed by atoms with Gasteiger partial charge in [-0.1, -0.05) is 17.7 Å². The zero-order valence-corrected chi connectivity index (χ0v) is 11.7. The van der Waals surface area contributed by atoms with Crippen molar-refractivity contribution in [3.63, 3.8) is 0 Å². The molecule has 0 saturated heterocycles. The fraction of sp³-hybridized carbons (Fsp3) is 0.385. The molecule has 0 radical (unpaired) electrons. The van der Waals surface area contributed by atoms with Gasteiger partial charge in [-0.15, -0.1) is 0 Å². The van der Waals surface area contributed by atoms with Crippen LogP contribution in [0.5, 0.6) is 5.75 Å². The van der Waals surface area contributed by atoms with Gasteiger partial charge in [-0.25, -0.2) is 8.42 Å². The minimum Gasteiger partial charge on any atom is -0.488 e. The van der Waals surface area contributed by atoms with Crippen molar-refractivity contribution in [1.82, 2.24) is 5.32 Å². The molecule has 3 rings (SSSR count). The van der Waals surface area contributed by atoms with E-state index in [4.69, 9.17) is 16.3 Å². The maximum absolute atomic E-state index is 11.3. The molecule has 1 aromatic rings. The molecule has 2 aliphatic rings. The first-order valence-electron chi connectivity index (χ1n) is 6.11. The highest BCUT2D eigenvalue weighted by atomic mass is 35.5. The third kappa shape index (κ3) is 2.94. The Hall–Kier alpha value is -1.04. The van der Waals surface area contributed by atoms with Crippen molar-refractivity contribution in [1.29, 1.82) is 0 Å². The van der Waals surface area contributed by atoms with Gasteiger partial charge in [0, 0.05) is 29.4 Å². The molecule has 1 N–H and O–H groups in total. The molecule has 0 bridgehead atoms. The second-order valence-corrected chi connectivity index (χ2v) is 7.24. The summed E-state index contributed by atoms with van der Waals surface area (Å²) in [6, 6.07) is 5.48. The minimum atomic E-state index is -3.00. The monoisotopic (exact) mass is 299 g/mol. The van der Waals surface area contributed by atoms with Crippen LogP contribution in [0.3, 0.4) is 0 Å². The van der Waals surface area contributed by atoms with Gasteiger partial charge in [-0.3, -0.25) is 0 Å². The number of benzene rings is 1. The lowest BCUT2D eigenvalue weighted by atomic mass is 10.1. The zero-order valence-electron chi connectivity index (χ0n) is 10.2. The van der Waals surface area contributed by atoms with Gasteiger partial charge < -0.3 is 10.1 Å². The van der Waals surface area contributed by atoms with Crippen molar-refractivity contribution in [2.45, 2.75) is 18.6 Å². The normalized spacial score (nSPS) is 27.2. The van der Waals surface area contributed by atoms with Crippen molar-refractivity contribution < 1.29 is 13.2 Å². The predicted octanol–water partition coefficient (Wildman–Crippen LogP) is 1.54. The maximum Gasteiger partial charge on any atom is 0.173 e. The Kier molecular flexibility index (Phi) is 3.28. The molecule has 102 valence electrons. The highest BCUT2D eigenvalue weighted by Gasteiger charge is 2.26. The largest absolute Gasteiger partial charge is 0.488 e. The van der Waals surface area contributed by atoms with Gasteiger partial charge in [0.15, 0.2) is 9.84 Å². The van der Waals surface area contributed by atoms with Crippen LogP contribution in [0.15, 0.2) is 29.7 Å². The average Bonchev–Trinajstić information content (AvgIpc) is 2.89. The minimum absolute atomic E-state index is 0.0326. The summed E-state index contributed by atoms with van der Waals surface area (Å²) in [6.45, 7) is 0.622. The van der Waals surface area contributed by atoms with Gasteiger partial charge in [0.25, 0.3) is 0 Å². The van der Waals surface area contributed by atoms with Crippen LogP contribution in [0.4, 0.5) is 0 Å². The van der Waals surface area contributed by atoms with Crippen molar-refractivity contribution in [2.75, 3.05) is 12.3 Å². The zero-order chi connectivity index (χ0) is 13.5. The average molecular weight is 300 g/mol. The van der Waals surface area contributed by atoms with Crippen LogP contribution in [0, 0.1) is 0 Å². The Labute approximate surface area is 117 Å². The number of sulfone groups is 1. The van der Waals surface area contributed by atoms with E-state index in [0.29, 0.717) is 11.6 Å². The highest BCUT2D eigenvalue weighted by Crippen LogP contribution is 2.30. The van der Waals surface area contributed by atoms with Gasteiger partial charge in [-0.2, -0.15) is 0 Å². The lowest BCUT2D eigenvalue weighted by molar-refractivity contribution is 0.225. The first kappa shape index (κ1) is 13.0. The summed E-state index contributed by atoms with van der Waals surface area (Å²) >= 11 is 5.94. The summed E-state index contributed by atoms with van der Waals surface area (Å²) in [5.74, 6) is 1.00. The van der Waals surface area contributed by atoms with Crippen molar-refractivity contribution in [3.05, 3.63) is 40.3 Å². The number of hydrogen-bond donors (Lipinski definition) is 1. The molecule has 2 heterocycles. The molecule has 2 unspecified atom stereocenters. The van der Waals surface area contributed by atoms with Crippen molar-refractivity contribution >= 4 is 21.4 Å². The molecule has 6 heteroatoms. The van der Waals surface area contributed by atoms with Gasteiger partial charge in [-0.05, 0) is 23.8 Å². The summed E-state index contributed by atoms with van der Waals surface area (Å²) in [5.41, 5.74) is 1.11. The number of hydrogen-bond acceptors (Lipinski definition) is 4. The lowest BCUT2D eigenvalue weighted by Gasteiger charge is -2.14. The molecule has 2 aliphatic heterocycles. The molecule has 0 amide bonds. The van der Waals surface area contributed by atoms with E-state index >= 15 is 0 Å². The summed E-state index contributed by atoms with van der Waals surface area (Å²) < 4.78 is 28.3. The van der Waals surface area contributed by atoms with E-state index in [1.165, 1.54) is 5.41 Å². The molecule has 4 nitrogen and oxygen atoms in total. The number of fused-ring (bicyclic) bond motifs is 1. The van der Waals surface area contributed by atoms with Gasteiger partial charge in [0.05, 0.1) is 5.75 Å². The van der Waals surface area contributed by atoms with Crippen LogP contribution in [-0.4, -0.2) is 32.9 Å². The second-order valence-electron chi connectivity index (χ2n) is 4.87. The molecule has 0 fully saturated rings. The Balaban J connectivity index is 1.56. The summed E-state index contributed by atoms with van der Waals surface area (Å²) in [4.78, 5) is 0. The first-order chi connectivity index (χ1) is 9.02. The van der Waals surface area contributed by atoms with E-state index in [-0.39, 0.29) is 17.9 Å². The Bertz CT molecular complexity index is 627. The standard InChI is InChI=1S/C13H14ClNO3S/c14-10-1-2-13-9(5-10)6-12(18-13)7-15-11-3-4-19(16,17)8-11/h1-5,11-12,15H,6-8H2. The predicted molar refractivity (Wildman–Crippen MR) is 74.3 cm³/mol. The molecule has 0 aliphatic carbocycles. The van der Waals surface area contributed by atoms with Gasteiger partial charge in [0.2, 0.25) is 0 Å². The van der Waals surface area contributed by atoms with Crippen LogP contribution >= 0.6 is 11.6 Å². The van der Waals surface area contributed by atoms with Crippen LogP contribution < -0.4 is 10.1 Å². The summed E-state index contributed by atoms with van der Waals surface area (Å²) in [5, 5.41) is 5.19. The van der Waals surface area contributed by atoms with Crippen LogP contribution in [0.25, 0.3) is 0 Å². The molecule has 1 aromatic carbocycles. The fourth-order valence-electron chi connectivity index (χ4n) is 2.39. The van der Waals surface area contributed by atoms with Crippen LogP contribution in [0.2, 0.25) is 5.02 Å². The van der Waals surface area contributed by atoms with E-state index in [0.717, 1.165) is 17.7 Å². The fourth-order valence-corrected chi connectivity index (χ4v) is 3.85. The molecular weight excluding hydrogens is 286 g/mol. The van der Waals surface area contributed by atoms with E-state index in [1.54, 1.807) is 6.08 Å². The quantitative estimate of drug-likeness (QED) is 0.920. The maximum atomic E-state index is 11.3. The first-order valence-corrected chi connectivity index (χ1v) is 8.21. The Morgan fingerprint density at radius 1 is 1.42 bits per heavy atom. The third-order valence-electron chi connectivity index (χ3n) is 3.30. The highest BCUT2D eigenvalue weighted by molar-refractivity contribution is 7.94. The van der Waals surface area contributed by atoms with E-state index in [1.807, 2.05) is 18.2 Å². The van der Waals surface area contributed by atoms with E-state index in [9.17, 15) is 8.42 Å². The summed E-state index contributed by atoms with van der Waals surface area (Å²) in [7, 11) is -3.00. The smallest absolute Gasteiger partial charge is 0.173 e. The molecule has 19 heavy (non-hydrogen) atoms. The number of ether oxygens (including phenoxy) is 1. The Morgan fingerprint density at radius 3 is 3.00 bits per heavy atom. The topological polar surface area (TPSA) is 55.4 Å². The third-order valence-corrected chi connectivity index (χ3v) is 4.93. The Morgan fingerprint density at radius 2 is 2.26 bits per heavy atom. The number of halogens is 1. The van der Waals surface area contributed by atoms with E-state index < -0.39 is 9.84 Å². The number of nitrogens with one attached hydrogen (secondary N) is 1. The SMILES string of the molecule is O=S1(=O)C=CC(NCC2Cc3cc(Cl)ccc3O2)C1. The van der Waals surface area contributed by atoms with Gasteiger partial charge in [0.1, 0.15) is 11.9 Å². The van der Waals surface area contributed by atoms with E-state index in [2.05, 4.69) is 5.32 Å². The van der Waals surface area contributed by atoms with Crippen LogP contribution in [0.1, 0.15) is 5.56 Å².